The summed E-state index contributed by atoms with van der Waals surface area (Å²) >= 11 is 0. The second kappa shape index (κ2) is 12.8. The van der Waals surface area contributed by atoms with Gasteiger partial charge in [-0.2, -0.15) is 0 Å². The molecule has 4 amide bonds. The molecule has 0 bridgehead atoms. The average molecular weight is 522 g/mol. The van der Waals surface area contributed by atoms with Gasteiger partial charge in [-0.05, 0) is 48.9 Å². The lowest BCUT2D eigenvalue weighted by Crippen LogP contribution is -2.75. The number of fused-ring (bicyclic) bond motifs is 1. The van der Waals surface area contributed by atoms with Gasteiger partial charge in [0.25, 0.3) is 0 Å². The first-order valence-electron chi connectivity index (χ1n) is 13.5. The number of nitrogens with one attached hydrogen (secondary N) is 1. The van der Waals surface area contributed by atoms with Crippen molar-refractivity contribution >= 4 is 17.8 Å². The molecule has 0 aromatic heterocycles. The van der Waals surface area contributed by atoms with Gasteiger partial charge in [0.2, 0.25) is 11.8 Å². The maximum Gasteiger partial charge on any atom is 0.334 e. The number of methoxy groups -OCH3 is 1. The van der Waals surface area contributed by atoms with Crippen molar-refractivity contribution in [2.75, 3.05) is 33.8 Å². The van der Waals surface area contributed by atoms with E-state index in [0.717, 1.165) is 37.0 Å². The number of aryl methyl sites for hydroxylation is 1. The fourth-order valence-corrected chi connectivity index (χ4v) is 5.34. The van der Waals surface area contributed by atoms with Crippen molar-refractivity contribution in [2.45, 2.75) is 57.8 Å². The zero-order valence-corrected chi connectivity index (χ0v) is 22.6. The summed E-state index contributed by atoms with van der Waals surface area (Å²) in [5, 5.41) is 6.26. The first kappa shape index (κ1) is 27.4. The van der Waals surface area contributed by atoms with Crippen LogP contribution in [0.2, 0.25) is 0 Å². The number of rotatable bonds is 10. The minimum absolute atomic E-state index is 0.0145. The molecular weight excluding hydrogens is 482 g/mol. The van der Waals surface area contributed by atoms with E-state index in [1.165, 1.54) is 5.56 Å². The van der Waals surface area contributed by atoms with Crippen molar-refractivity contribution in [3.63, 3.8) is 0 Å². The van der Waals surface area contributed by atoms with Crippen molar-refractivity contribution in [3.8, 4) is 5.75 Å². The van der Waals surface area contributed by atoms with Gasteiger partial charge in [0.15, 0.2) is 0 Å². The van der Waals surface area contributed by atoms with Gasteiger partial charge in [-0.3, -0.25) is 9.59 Å². The summed E-state index contributed by atoms with van der Waals surface area (Å²) in [5.41, 5.74) is 2.22. The molecule has 2 atom stereocenters. The second-order valence-electron chi connectivity index (χ2n) is 9.98. The minimum Gasteiger partial charge on any atom is -0.497 e. The Hall–Kier alpha value is -3.59. The fourth-order valence-electron chi connectivity index (χ4n) is 5.34. The number of benzene rings is 2. The summed E-state index contributed by atoms with van der Waals surface area (Å²) in [6, 6.07) is 17.0. The molecule has 0 unspecified atom stereocenters. The number of likely N-dealkylation sites (N-methyl/N-ethyl adjacent to an activating group) is 1. The largest absolute Gasteiger partial charge is 0.497 e. The molecule has 2 aliphatic heterocycles. The molecule has 2 fully saturated rings. The third-order valence-electron chi connectivity index (χ3n) is 7.30. The topological polar surface area (TPSA) is 85.4 Å². The van der Waals surface area contributed by atoms with Gasteiger partial charge in [0, 0.05) is 20.1 Å². The van der Waals surface area contributed by atoms with Gasteiger partial charge in [-0.1, -0.05) is 55.8 Å². The van der Waals surface area contributed by atoms with E-state index < -0.39 is 12.2 Å². The van der Waals surface area contributed by atoms with Crippen LogP contribution < -0.4 is 10.1 Å². The molecule has 0 saturated carbocycles. The number of amides is 4. The zero-order valence-electron chi connectivity index (χ0n) is 22.6. The van der Waals surface area contributed by atoms with Crippen LogP contribution in [0, 0.1) is 0 Å². The summed E-state index contributed by atoms with van der Waals surface area (Å²) in [5.74, 6) is 0.620. The molecule has 9 heteroatoms. The van der Waals surface area contributed by atoms with Gasteiger partial charge in [0.05, 0.1) is 20.2 Å². The highest BCUT2D eigenvalue weighted by molar-refractivity contribution is 5.91. The Morgan fingerprint density at radius 3 is 2.45 bits per heavy atom. The lowest BCUT2D eigenvalue weighted by Gasteiger charge is -2.54. The van der Waals surface area contributed by atoms with E-state index in [1.54, 1.807) is 29.1 Å². The molecule has 0 aliphatic carbocycles. The maximum absolute atomic E-state index is 13.5. The molecule has 4 rings (SSSR count). The molecule has 0 spiro atoms. The van der Waals surface area contributed by atoms with E-state index in [1.807, 2.05) is 54.3 Å². The molecule has 9 nitrogen and oxygen atoms in total. The molecule has 1 N–H and O–H groups in total. The predicted molar refractivity (Wildman–Crippen MR) is 145 cm³/mol. The third-order valence-corrected chi connectivity index (χ3v) is 7.30. The van der Waals surface area contributed by atoms with Crippen LogP contribution >= 0.6 is 0 Å². The highest BCUT2D eigenvalue weighted by atomic mass is 16.5. The molecule has 2 aromatic carbocycles. The van der Waals surface area contributed by atoms with Crippen LogP contribution in [0.25, 0.3) is 0 Å². The SMILES string of the molecule is CCC[C@H]1C(=O)N(CCCCc2ccccc2)C[C@H]2N1C(=O)CN(C)N2C(=O)NCc1ccc(OC)cc1. The summed E-state index contributed by atoms with van der Waals surface area (Å²) in [6.45, 7) is 3.32. The number of carbonyl (C=O) groups excluding carboxylic acids is 3. The lowest BCUT2D eigenvalue weighted by atomic mass is 10.0. The first-order valence-corrected chi connectivity index (χ1v) is 13.5. The Morgan fingerprint density at radius 1 is 1.03 bits per heavy atom. The van der Waals surface area contributed by atoms with Crippen molar-refractivity contribution < 1.29 is 19.1 Å². The number of piperazine rings is 1. The Labute approximate surface area is 225 Å². The van der Waals surface area contributed by atoms with Crippen LogP contribution in [0.15, 0.2) is 54.6 Å². The van der Waals surface area contributed by atoms with E-state index in [2.05, 4.69) is 17.4 Å². The Bertz CT molecular complexity index is 1090. The van der Waals surface area contributed by atoms with E-state index in [4.69, 9.17) is 4.74 Å². The van der Waals surface area contributed by atoms with Gasteiger partial charge < -0.3 is 19.9 Å². The van der Waals surface area contributed by atoms with E-state index in [0.29, 0.717) is 26.1 Å². The zero-order chi connectivity index (χ0) is 27.1. The number of hydrazine groups is 1. The van der Waals surface area contributed by atoms with Crippen LogP contribution in [-0.2, 0) is 22.6 Å². The number of nitrogens with zero attached hydrogens (tertiary/aromatic N) is 4. The third kappa shape index (κ3) is 6.27. The summed E-state index contributed by atoms with van der Waals surface area (Å²) in [6.07, 6.45) is 3.59. The molecule has 38 heavy (non-hydrogen) atoms. The highest BCUT2D eigenvalue weighted by Gasteiger charge is 2.50. The maximum atomic E-state index is 13.5. The highest BCUT2D eigenvalue weighted by Crippen LogP contribution is 2.28. The smallest absolute Gasteiger partial charge is 0.334 e. The number of ether oxygens (including phenoxy) is 1. The van der Waals surface area contributed by atoms with Gasteiger partial charge >= 0.3 is 6.03 Å². The number of urea groups is 1. The van der Waals surface area contributed by atoms with E-state index in [9.17, 15) is 14.4 Å². The van der Waals surface area contributed by atoms with Crippen molar-refractivity contribution in [3.05, 3.63) is 65.7 Å². The van der Waals surface area contributed by atoms with Gasteiger partial charge in [-0.25, -0.2) is 14.8 Å². The molecular formula is C29H39N5O4. The molecule has 2 saturated heterocycles. The van der Waals surface area contributed by atoms with Crippen LogP contribution in [0.5, 0.6) is 5.75 Å². The Kier molecular flexibility index (Phi) is 9.23. The molecule has 2 heterocycles. The van der Waals surface area contributed by atoms with Crippen LogP contribution in [0.3, 0.4) is 0 Å². The predicted octanol–water partition coefficient (Wildman–Crippen LogP) is 3.26. The molecule has 0 radical (unpaired) electrons. The standard InChI is InChI=1S/C29H39N5O4/c1-4-10-25-28(36)32(18-9-8-13-22-11-6-5-7-12-22)20-26-33(25)27(35)21-31(2)34(26)29(37)30-19-23-14-16-24(38-3)17-15-23/h5-7,11-12,14-17,25-26H,4,8-10,13,18-21H2,1-3H3,(H,30,37)/t25-,26-/m0/s1. The summed E-state index contributed by atoms with van der Waals surface area (Å²) in [4.78, 5) is 43.6. The lowest BCUT2D eigenvalue weighted by molar-refractivity contribution is -0.187. The van der Waals surface area contributed by atoms with E-state index >= 15 is 0 Å². The normalized spacial score (nSPS) is 19.9. The van der Waals surface area contributed by atoms with E-state index in [-0.39, 0.29) is 24.4 Å². The molecule has 204 valence electrons. The Balaban J connectivity index is 1.45. The van der Waals surface area contributed by atoms with Crippen molar-refractivity contribution in [2.24, 2.45) is 0 Å². The quantitative estimate of drug-likeness (QED) is 0.485. The monoisotopic (exact) mass is 521 g/mol. The summed E-state index contributed by atoms with van der Waals surface area (Å²) < 4.78 is 5.21. The van der Waals surface area contributed by atoms with Gasteiger partial charge in [0.1, 0.15) is 18.0 Å². The average Bonchev–Trinajstić information content (AvgIpc) is 2.92. The summed E-state index contributed by atoms with van der Waals surface area (Å²) in [7, 11) is 3.36. The fraction of sp³-hybridized carbons (Fsp3) is 0.483. The molecule has 2 aromatic rings. The Morgan fingerprint density at radius 2 is 1.76 bits per heavy atom. The van der Waals surface area contributed by atoms with Crippen LogP contribution in [0.1, 0.15) is 43.7 Å². The number of carbonyl (C=O) groups is 3. The van der Waals surface area contributed by atoms with Crippen molar-refractivity contribution in [1.29, 1.82) is 0 Å². The second-order valence-corrected chi connectivity index (χ2v) is 9.98. The first-order chi connectivity index (χ1) is 18.4. The molecule has 2 aliphatic rings. The van der Waals surface area contributed by atoms with Gasteiger partial charge in [-0.15, -0.1) is 0 Å². The number of hydrogen-bond donors (Lipinski definition) is 1. The number of unbranched alkanes of at least 4 members (excludes halogenated alkanes) is 1. The number of hydrogen-bond acceptors (Lipinski definition) is 5. The van der Waals surface area contributed by atoms with Crippen molar-refractivity contribution in [1.82, 2.24) is 25.1 Å². The minimum atomic E-state index is -0.550. The van der Waals surface area contributed by atoms with Crippen LogP contribution in [0.4, 0.5) is 4.79 Å². The van der Waals surface area contributed by atoms with Crippen LogP contribution in [-0.4, -0.2) is 83.7 Å².